The fourth-order valence-corrected chi connectivity index (χ4v) is 2.30. The third-order valence-electron chi connectivity index (χ3n) is 2.87. The molecule has 0 bridgehead atoms. The molecular formula is C15H10BrF3O2. The van der Waals surface area contributed by atoms with Crippen molar-refractivity contribution in [1.29, 1.82) is 0 Å². The molecular weight excluding hydrogens is 349 g/mol. The first-order chi connectivity index (χ1) is 9.92. The van der Waals surface area contributed by atoms with E-state index in [1.807, 2.05) is 0 Å². The normalized spacial score (nSPS) is 10.5. The predicted octanol–water partition coefficient (Wildman–Crippen LogP) is 4.30. The molecule has 110 valence electrons. The van der Waals surface area contributed by atoms with Crippen LogP contribution in [0.15, 0.2) is 34.8 Å². The zero-order chi connectivity index (χ0) is 15.6. The van der Waals surface area contributed by atoms with Crippen LogP contribution in [0.25, 0.3) is 0 Å². The molecule has 0 amide bonds. The Morgan fingerprint density at radius 3 is 2.24 bits per heavy atom. The SMILES string of the molecule is COc1ccc(CC(=O)c2c(F)cc(Br)cc2F)cc1F. The van der Waals surface area contributed by atoms with Crippen LogP contribution in [0, 0.1) is 17.5 Å². The molecule has 0 atom stereocenters. The lowest BCUT2D eigenvalue weighted by Crippen LogP contribution is -2.09. The summed E-state index contributed by atoms with van der Waals surface area (Å²) in [5, 5.41) is 0. The number of carbonyl (C=O) groups excluding carboxylic acids is 1. The summed E-state index contributed by atoms with van der Waals surface area (Å²) in [6, 6.07) is 5.93. The van der Waals surface area contributed by atoms with Gasteiger partial charge in [0.15, 0.2) is 17.3 Å². The van der Waals surface area contributed by atoms with Crippen LogP contribution in [0.1, 0.15) is 15.9 Å². The highest BCUT2D eigenvalue weighted by Gasteiger charge is 2.19. The molecule has 0 N–H and O–H groups in total. The lowest BCUT2D eigenvalue weighted by Gasteiger charge is -2.07. The van der Waals surface area contributed by atoms with Crippen molar-refractivity contribution >= 4 is 21.7 Å². The van der Waals surface area contributed by atoms with Crippen molar-refractivity contribution in [3.05, 3.63) is 63.4 Å². The maximum Gasteiger partial charge on any atom is 0.173 e. The third kappa shape index (κ3) is 3.44. The molecule has 0 spiro atoms. The molecule has 0 unspecified atom stereocenters. The van der Waals surface area contributed by atoms with Gasteiger partial charge in [0.1, 0.15) is 11.6 Å². The molecule has 0 fully saturated rings. The number of ether oxygens (including phenoxy) is 1. The molecule has 2 rings (SSSR count). The van der Waals surface area contributed by atoms with Crippen LogP contribution in [0.4, 0.5) is 13.2 Å². The van der Waals surface area contributed by atoms with Gasteiger partial charge in [0, 0.05) is 10.9 Å². The fourth-order valence-electron chi connectivity index (χ4n) is 1.90. The van der Waals surface area contributed by atoms with E-state index >= 15 is 0 Å². The van der Waals surface area contributed by atoms with Crippen LogP contribution in [0.2, 0.25) is 0 Å². The van der Waals surface area contributed by atoms with E-state index in [0.717, 1.165) is 18.2 Å². The molecule has 0 saturated carbocycles. The Bertz CT molecular complexity index is 678. The average Bonchev–Trinajstić information content (AvgIpc) is 2.37. The second-order valence-corrected chi connectivity index (χ2v) is 5.23. The highest BCUT2D eigenvalue weighted by molar-refractivity contribution is 9.10. The molecule has 2 nitrogen and oxygen atoms in total. The number of hydrogen-bond donors (Lipinski definition) is 0. The summed E-state index contributed by atoms with van der Waals surface area (Å²) in [7, 11) is 1.32. The number of methoxy groups -OCH3 is 1. The summed E-state index contributed by atoms with van der Waals surface area (Å²) in [5.74, 6) is -3.28. The van der Waals surface area contributed by atoms with Crippen molar-refractivity contribution in [2.75, 3.05) is 7.11 Å². The largest absolute Gasteiger partial charge is 0.494 e. The lowest BCUT2D eigenvalue weighted by atomic mass is 10.0. The summed E-state index contributed by atoms with van der Waals surface area (Å²) in [5.41, 5.74) is -0.325. The summed E-state index contributed by atoms with van der Waals surface area (Å²) in [4.78, 5) is 12.0. The van der Waals surface area contributed by atoms with Crippen LogP contribution in [0.5, 0.6) is 5.75 Å². The van der Waals surface area contributed by atoms with Gasteiger partial charge in [-0.2, -0.15) is 0 Å². The maximum absolute atomic E-state index is 13.7. The minimum atomic E-state index is -0.958. The Hall–Kier alpha value is -1.82. The van der Waals surface area contributed by atoms with E-state index in [9.17, 15) is 18.0 Å². The Morgan fingerprint density at radius 2 is 1.71 bits per heavy atom. The molecule has 0 saturated heterocycles. The Morgan fingerprint density at radius 1 is 1.10 bits per heavy atom. The van der Waals surface area contributed by atoms with E-state index in [-0.39, 0.29) is 16.6 Å². The first kappa shape index (κ1) is 15.6. The molecule has 0 heterocycles. The number of carbonyl (C=O) groups is 1. The molecule has 0 aliphatic rings. The number of Topliss-reactive ketones (excluding diaryl/α,β-unsaturated/α-hetero) is 1. The molecule has 0 aromatic heterocycles. The predicted molar refractivity (Wildman–Crippen MR) is 75.0 cm³/mol. The van der Waals surface area contributed by atoms with Gasteiger partial charge in [-0.15, -0.1) is 0 Å². The molecule has 2 aromatic rings. The summed E-state index contributed by atoms with van der Waals surface area (Å²) in [6.45, 7) is 0. The molecule has 2 aromatic carbocycles. The van der Waals surface area contributed by atoms with E-state index in [2.05, 4.69) is 15.9 Å². The zero-order valence-electron chi connectivity index (χ0n) is 10.9. The second kappa shape index (κ2) is 6.30. The van der Waals surface area contributed by atoms with Crippen LogP contribution in [-0.2, 0) is 6.42 Å². The van der Waals surface area contributed by atoms with Gasteiger partial charge in [-0.3, -0.25) is 4.79 Å². The Balaban J connectivity index is 2.28. The van der Waals surface area contributed by atoms with Crippen molar-refractivity contribution in [1.82, 2.24) is 0 Å². The van der Waals surface area contributed by atoms with Gasteiger partial charge in [-0.25, -0.2) is 13.2 Å². The van der Waals surface area contributed by atoms with E-state index in [1.165, 1.54) is 19.2 Å². The number of benzene rings is 2. The monoisotopic (exact) mass is 358 g/mol. The van der Waals surface area contributed by atoms with Crippen molar-refractivity contribution in [3.63, 3.8) is 0 Å². The van der Waals surface area contributed by atoms with Crippen molar-refractivity contribution in [2.45, 2.75) is 6.42 Å². The summed E-state index contributed by atoms with van der Waals surface area (Å²) < 4.78 is 45.8. The maximum atomic E-state index is 13.7. The van der Waals surface area contributed by atoms with Gasteiger partial charge in [0.25, 0.3) is 0 Å². The van der Waals surface area contributed by atoms with Crippen molar-refractivity contribution in [3.8, 4) is 5.75 Å². The van der Waals surface area contributed by atoms with E-state index in [1.54, 1.807) is 0 Å². The van der Waals surface area contributed by atoms with Crippen molar-refractivity contribution < 1.29 is 22.7 Å². The number of ketones is 1. The second-order valence-electron chi connectivity index (χ2n) is 4.31. The minimum absolute atomic E-state index is 0.0344. The Labute approximate surface area is 127 Å². The minimum Gasteiger partial charge on any atom is -0.494 e. The van der Waals surface area contributed by atoms with Gasteiger partial charge in [-0.05, 0) is 29.8 Å². The average molecular weight is 359 g/mol. The lowest BCUT2D eigenvalue weighted by molar-refractivity contribution is 0.0985. The highest BCUT2D eigenvalue weighted by Crippen LogP contribution is 2.22. The van der Waals surface area contributed by atoms with Crippen LogP contribution < -0.4 is 4.74 Å². The van der Waals surface area contributed by atoms with Crippen LogP contribution >= 0.6 is 15.9 Å². The Kier molecular flexibility index (Phi) is 4.67. The molecule has 21 heavy (non-hydrogen) atoms. The summed E-state index contributed by atoms with van der Waals surface area (Å²) in [6.07, 6.45) is -0.309. The van der Waals surface area contributed by atoms with Gasteiger partial charge in [0.05, 0.1) is 12.7 Å². The number of hydrogen-bond acceptors (Lipinski definition) is 2. The van der Waals surface area contributed by atoms with E-state index < -0.39 is 28.8 Å². The molecule has 0 aliphatic carbocycles. The smallest absolute Gasteiger partial charge is 0.173 e. The summed E-state index contributed by atoms with van der Waals surface area (Å²) >= 11 is 2.93. The van der Waals surface area contributed by atoms with Gasteiger partial charge in [-0.1, -0.05) is 22.0 Å². The van der Waals surface area contributed by atoms with E-state index in [0.29, 0.717) is 5.56 Å². The third-order valence-corrected chi connectivity index (χ3v) is 3.32. The van der Waals surface area contributed by atoms with Crippen LogP contribution in [0.3, 0.4) is 0 Å². The van der Waals surface area contributed by atoms with Gasteiger partial charge < -0.3 is 4.74 Å². The molecule has 0 radical (unpaired) electrons. The van der Waals surface area contributed by atoms with Crippen molar-refractivity contribution in [2.24, 2.45) is 0 Å². The quantitative estimate of drug-likeness (QED) is 0.761. The topological polar surface area (TPSA) is 26.3 Å². The zero-order valence-corrected chi connectivity index (χ0v) is 12.5. The highest BCUT2D eigenvalue weighted by atomic mass is 79.9. The number of halogens is 4. The first-order valence-corrected chi connectivity index (χ1v) is 6.72. The van der Waals surface area contributed by atoms with Gasteiger partial charge >= 0.3 is 0 Å². The first-order valence-electron chi connectivity index (χ1n) is 5.92. The molecule has 0 aliphatic heterocycles. The fraction of sp³-hybridized carbons (Fsp3) is 0.133. The molecule has 6 heteroatoms. The number of rotatable bonds is 4. The van der Waals surface area contributed by atoms with Gasteiger partial charge in [0.2, 0.25) is 0 Å². The standard InChI is InChI=1S/C15H10BrF3O2/c1-21-14-3-2-8(4-10(14)17)5-13(20)15-11(18)6-9(16)7-12(15)19/h2-4,6-7H,5H2,1H3. The van der Waals surface area contributed by atoms with Crippen LogP contribution in [-0.4, -0.2) is 12.9 Å². The van der Waals surface area contributed by atoms with E-state index in [4.69, 9.17) is 4.74 Å².